The summed E-state index contributed by atoms with van der Waals surface area (Å²) in [7, 11) is 0. The maximum atomic E-state index is 5.88. The van der Waals surface area contributed by atoms with E-state index in [4.69, 9.17) is 19.4 Å². The predicted molar refractivity (Wildman–Crippen MR) is 114 cm³/mol. The Hall–Kier alpha value is -4.06. The molecule has 4 aromatic heterocycles. The highest BCUT2D eigenvalue weighted by Crippen LogP contribution is 2.27. The SMILES string of the molecule is c1cc(COc2ccc3ccc4ccc(OCc5ccncc5)nc4c3n2)ccn1. The van der Waals surface area contributed by atoms with E-state index >= 15 is 0 Å². The number of fused-ring (bicyclic) bond motifs is 3. The summed E-state index contributed by atoms with van der Waals surface area (Å²) in [4.78, 5) is 17.5. The molecule has 6 nitrogen and oxygen atoms in total. The van der Waals surface area contributed by atoms with Gasteiger partial charge in [0.15, 0.2) is 0 Å². The Bertz CT molecular complexity index is 1190. The first kappa shape index (κ1) is 18.0. The Morgan fingerprint density at radius 3 is 1.33 bits per heavy atom. The van der Waals surface area contributed by atoms with Crippen LogP contribution in [0.4, 0.5) is 0 Å². The third kappa shape index (κ3) is 3.89. The maximum Gasteiger partial charge on any atom is 0.214 e. The molecule has 0 aliphatic heterocycles. The number of pyridine rings is 4. The summed E-state index contributed by atoms with van der Waals surface area (Å²) < 4.78 is 11.8. The quantitative estimate of drug-likeness (QED) is 0.388. The second kappa shape index (κ2) is 8.13. The van der Waals surface area contributed by atoms with Crippen LogP contribution in [0.3, 0.4) is 0 Å². The maximum absolute atomic E-state index is 5.88. The van der Waals surface area contributed by atoms with Crippen LogP contribution in [0.5, 0.6) is 11.8 Å². The van der Waals surface area contributed by atoms with Crippen molar-refractivity contribution in [2.45, 2.75) is 13.2 Å². The smallest absolute Gasteiger partial charge is 0.214 e. The largest absolute Gasteiger partial charge is 0.473 e. The number of benzene rings is 1. The summed E-state index contributed by atoms with van der Waals surface area (Å²) in [6, 6.07) is 19.5. The molecule has 0 atom stereocenters. The van der Waals surface area contributed by atoms with Gasteiger partial charge in [-0.2, -0.15) is 0 Å². The van der Waals surface area contributed by atoms with Crippen molar-refractivity contribution in [1.82, 2.24) is 19.9 Å². The van der Waals surface area contributed by atoms with Crippen LogP contribution in [-0.2, 0) is 13.2 Å². The molecule has 0 bridgehead atoms. The summed E-state index contributed by atoms with van der Waals surface area (Å²) in [6.45, 7) is 0.860. The Labute approximate surface area is 173 Å². The van der Waals surface area contributed by atoms with Gasteiger partial charge in [-0.15, -0.1) is 0 Å². The van der Waals surface area contributed by atoms with E-state index in [-0.39, 0.29) is 0 Å². The predicted octanol–water partition coefficient (Wildman–Crippen LogP) is 4.73. The third-order valence-electron chi connectivity index (χ3n) is 4.74. The molecule has 5 rings (SSSR count). The second-order valence-corrected chi connectivity index (χ2v) is 6.80. The van der Waals surface area contributed by atoms with E-state index in [0.29, 0.717) is 25.0 Å². The molecule has 1 aromatic carbocycles. The minimum Gasteiger partial charge on any atom is -0.473 e. The molecule has 0 unspecified atom stereocenters. The van der Waals surface area contributed by atoms with Crippen molar-refractivity contribution in [3.63, 3.8) is 0 Å². The number of hydrogen-bond donors (Lipinski definition) is 0. The van der Waals surface area contributed by atoms with Crippen molar-refractivity contribution in [1.29, 1.82) is 0 Å². The topological polar surface area (TPSA) is 70.0 Å². The van der Waals surface area contributed by atoms with Gasteiger partial charge in [-0.05, 0) is 47.5 Å². The Morgan fingerprint density at radius 2 is 0.900 bits per heavy atom. The van der Waals surface area contributed by atoms with E-state index < -0.39 is 0 Å². The van der Waals surface area contributed by atoms with Gasteiger partial charge >= 0.3 is 0 Å². The summed E-state index contributed by atoms with van der Waals surface area (Å²) in [6.07, 6.45) is 6.99. The first-order valence-electron chi connectivity index (χ1n) is 9.59. The lowest BCUT2D eigenvalue weighted by molar-refractivity contribution is 0.294. The van der Waals surface area contributed by atoms with E-state index in [2.05, 4.69) is 9.97 Å². The van der Waals surface area contributed by atoms with Gasteiger partial charge in [-0.3, -0.25) is 9.97 Å². The minimum atomic E-state index is 0.430. The number of nitrogens with zero attached hydrogens (tertiary/aromatic N) is 4. The molecule has 0 saturated heterocycles. The standard InChI is InChI=1S/C24H18N4O2/c1-2-20-4-6-22(30-16-18-9-13-26-14-10-18)28-24(20)23-19(1)3-5-21(27-23)29-15-17-7-11-25-12-8-17/h1-14H,15-16H2. The summed E-state index contributed by atoms with van der Waals surface area (Å²) in [5, 5.41) is 2.00. The van der Waals surface area contributed by atoms with E-state index in [1.165, 1.54) is 0 Å². The van der Waals surface area contributed by atoms with Gasteiger partial charge in [0, 0.05) is 47.7 Å². The molecule has 0 radical (unpaired) electrons. The second-order valence-electron chi connectivity index (χ2n) is 6.80. The molecule has 0 amide bonds. The highest BCUT2D eigenvalue weighted by Gasteiger charge is 2.08. The number of aromatic nitrogens is 4. The highest BCUT2D eigenvalue weighted by atomic mass is 16.5. The molecule has 6 heteroatoms. The van der Waals surface area contributed by atoms with Crippen LogP contribution in [0.15, 0.2) is 85.5 Å². The Morgan fingerprint density at radius 1 is 0.500 bits per heavy atom. The summed E-state index contributed by atoms with van der Waals surface area (Å²) in [5.41, 5.74) is 3.65. The lowest BCUT2D eigenvalue weighted by Crippen LogP contribution is -1.99. The van der Waals surface area contributed by atoms with Crippen LogP contribution in [0, 0.1) is 0 Å². The van der Waals surface area contributed by atoms with Crippen LogP contribution in [0.1, 0.15) is 11.1 Å². The summed E-state index contributed by atoms with van der Waals surface area (Å²) >= 11 is 0. The van der Waals surface area contributed by atoms with Crippen LogP contribution < -0.4 is 9.47 Å². The normalized spacial score (nSPS) is 10.9. The van der Waals surface area contributed by atoms with E-state index in [0.717, 1.165) is 32.9 Å². The molecule has 5 aromatic rings. The lowest BCUT2D eigenvalue weighted by Gasteiger charge is -2.09. The zero-order valence-corrected chi connectivity index (χ0v) is 16.1. The van der Waals surface area contributed by atoms with Gasteiger partial charge in [0.05, 0.1) is 0 Å². The van der Waals surface area contributed by atoms with Gasteiger partial charge in [0.25, 0.3) is 0 Å². The van der Waals surface area contributed by atoms with Crippen molar-refractivity contribution < 1.29 is 9.47 Å². The first-order valence-corrected chi connectivity index (χ1v) is 9.59. The zero-order chi connectivity index (χ0) is 20.2. The van der Waals surface area contributed by atoms with Crippen molar-refractivity contribution in [2.24, 2.45) is 0 Å². The van der Waals surface area contributed by atoms with Crippen molar-refractivity contribution in [3.05, 3.63) is 96.6 Å². The fourth-order valence-corrected chi connectivity index (χ4v) is 3.17. The fraction of sp³-hybridized carbons (Fsp3) is 0.0833. The van der Waals surface area contributed by atoms with Gasteiger partial charge in [0.2, 0.25) is 11.8 Å². The van der Waals surface area contributed by atoms with Crippen LogP contribution in [0.25, 0.3) is 21.8 Å². The molecule has 0 N–H and O–H groups in total. The molecular weight excluding hydrogens is 376 g/mol. The van der Waals surface area contributed by atoms with E-state index in [1.807, 2.05) is 60.7 Å². The van der Waals surface area contributed by atoms with E-state index in [1.54, 1.807) is 24.8 Å². The van der Waals surface area contributed by atoms with Crippen LogP contribution in [-0.4, -0.2) is 19.9 Å². The third-order valence-corrected chi connectivity index (χ3v) is 4.74. The van der Waals surface area contributed by atoms with Crippen molar-refractivity contribution >= 4 is 21.8 Å². The molecular formula is C24H18N4O2. The number of hydrogen-bond acceptors (Lipinski definition) is 6. The zero-order valence-electron chi connectivity index (χ0n) is 16.1. The van der Waals surface area contributed by atoms with Gasteiger partial charge in [0.1, 0.15) is 24.2 Å². The molecule has 0 fully saturated rings. The fourth-order valence-electron chi connectivity index (χ4n) is 3.17. The lowest BCUT2D eigenvalue weighted by atomic mass is 10.1. The van der Waals surface area contributed by atoms with Crippen LogP contribution >= 0.6 is 0 Å². The molecule has 0 saturated carbocycles. The molecule has 146 valence electrons. The highest BCUT2D eigenvalue weighted by molar-refractivity contribution is 6.03. The summed E-state index contributed by atoms with van der Waals surface area (Å²) in [5.74, 6) is 1.11. The average molecular weight is 394 g/mol. The van der Waals surface area contributed by atoms with Crippen LogP contribution in [0.2, 0.25) is 0 Å². The molecule has 0 spiro atoms. The average Bonchev–Trinajstić information content (AvgIpc) is 2.82. The van der Waals surface area contributed by atoms with Gasteiger partial charge in [-0.1, -0.05) is 12.1 Å². The molecule has 0 aliphatic rings. The van der Waals surface area contributed by atoms with Crippen molar-refractivity contribution in [3.8, 4) is 11.8 Å². The first-order chi connectivity index (χ1) is 14.8. The number of rotatable bonds is 6. The van der Waals surface area contributed by atoms with Gasteiger partial charge in [-0.25, -0.2) is 9.97 Å². The van der Waals surface area contributed by atoms with Crippen molar-refractivity contribution in [2.75, 3.05) is 0 Å². The van der Waals surface area contributed by atoms with E-state index in [9.17, 15) is 0 Å². The Kier molecular flexibility index (Phi) is 4.88. The molecule has 4 heterocycles. The minimum absolute atomic E-state index is 0.430. The van der Waals surface area contributed by atoms with Gasteiger partial charge < -0.3 is 9.47 Å². The molecule has 0 aliphatic carbocycles. The number of ether oxygens (including phenoxy) is 2. The molecule has 30 heavy (non-hydrogen) atoms. The monoisotopic (exact) mass is 394 g/mol. The Balaban J connectivity index is 1.44.